The van der Waals surface area contributed by atoms with E-state index in [-0.39, 0.29) is 11.6 Å². The van der Waals surface area contributed by atoms with E-state index < -0.39 is 17.7 Å². The van der Waals surface area contributed by atoms with Crippen LogP contribution in [0, 0.1) is 6.92 Å². The van der Waals surface area contributed by atoms with Gasteiger partial charge in [0.25, 0.3) is 0 Å². The molecule has 0 saturated carbocycles. The minimum atomic E-state index is -1.04. The Morgan fingerprint density at radius 1 is 1.31 bits per heavy atom. The van der Waals surface area contributed by atoms with Gasteiger partial charge in [-0.05, 0) is 46.8 Å². The van der Waals surface area contributed by atoms with Gasteiger partial charge >= 0.3 is 12.1 Å². The second-order valence-electron chi connectivity index (χ2n) is 8.26. The molecule has 1 saturated heterocycles. The first kappa shape index (κ1) is 20.6. The summed E-state index contributed by atoms with van der Waals surface area (Å²) in [5.41, 5.74) is 1.36. The molecule has 1 aliphatic rings. The minimum absolute atomic E-state index is 0.133. The molecule has 1 aliphatic heterocycles. The highest BCUT2D eigenvalue weighted by atomic mass is 16.6. The van der Waals surface area contributed by atoms with Gasteiger partial charge in [-0.15, -0.1) is 0 Å². The van der Waals surface area contributed by atoms with Crippen molar-refractivity contribution >= 4 is 28.7 Å². The third kappa shape index (κ3) is 4.16. The summed E-state index contributed by atoms with van der Waals surface area (Å²) in [6, 6.07) is 3.14. The lowest BCUT2D eigenvalue weighted by Crippen LogP contribution is -2.53. The quantitative estimate of drug-likeness (QED) is 0.826. The third-order valence-corrected chi connectivity index (χ3v) is 4.65. The summed E-state index contributed by atoms with van der Waals surface area (Å²) in [5.74, 6) is -0.531. The number of aromatic carboxylic acids is 1. The number of aryl methyl sites for hydroxylation is 1. The number of amides is 1. The van der Waals surface area contributed by atoms with Crippen LogP contribution in [0.3, 0.4) is 0 Å². The Hall–Kier alpha value is -3.16. The van der Waals surface area contributed by atoms with Crippen LogP contribution in [-0.4, -0.2) is 56.8 Å². The number of carboxylic acid groups (broad SMARTS) is 1. The molecule has 154 valence electrons. The van der Waals surface area contributed by atoms with E-state index in [0.717, 1.165) is 5.69 Å². The summed E-state index contributed by atoms with van der Waals surface area (Å²) < 4.78 is 5.51. The van der Waals surface area contributed by atoms with Crippen molar-refractivity contribution in [2.45, 2.75) is 46.3 Å². The maximum absolute atomic E-state index is 12.6. The fourth-order valence-corrected chi connectivity index (χ4v) is 3.52. The van der Waals surface area contributed by atoms with Gasteiger partial charge in [0.2, 0.25) is 0 Å². The van der Waals surface area contributed by atoms with E-state index in [9.17, 15) is 14.7 Å². The lowest BCUT2D eigenvalue weighted by atomic mass is 10.1. The highest BCUT2D eigenvalue weighted by Gasteiger charge is 2.34. The minimum Gasteiger partial charge on any atom is -0.478 e. The maximum Gasteiger partial charge on any atom is 0.414 e. The molecule has 1 aromatic heterocycles. The first-order valence-electron chi connectivity index (χ1n) is 9.42. The standard InChI is InChI=1S/C21H26N4O4/c1-12-10-24(11-13(2)25(12)20(28)29-21(4,5)6)17-8-7-15(19(26)27)18-16(17)9-22-14(3)23-18/h7-9,13H,1,10-11H2,2-6H3,(H,26,27)/t13-/m0/s1. The van der Waals surface area contributed by atoms with Crippen LogP contribution in [0.2, 0.25) is 0 Å². The van der Waals surface area contributed by atoms with E-state index in [1.807, 2.05) is 27.7 Å². The smallest absolute Gasteiger partial charge is 0.414 e. The van der Waals surface area contributed by atoms with Crippen LogP contribution in [0.4, 0.5) is 10.5 Å². The van der Waals surface area contributed by atoms with Gasteiger partial charge in [0.15, 0.2) is 0 Å². The summed E-state index contributed by atoms with van der Waals surface area (Å²) >= 11 is 0. The predicted octanol–water partition coefficient (Wildman–Crippen LogP) is 3.60. The zero-order chi connectivity index (χ0) is 21.5. The Balaban J connectivity index is 1.95. The molecule has 0 bridgehead atoms. The fraction of sp³-hybridized carbons (Fsp3) is 0.429. The molecule has 8 heteroatoms. The number of piperazine rings is 1. The molecule has 1 N–H and O–H groups in total. The van der Waals surface area contributed by atoms with Crippen molar-refractivity contribution in [1.29, 1.82) is 0 Å². The van der Waals surface area contributed by atoms with Crippen molar-refractivity contribution < 1.29 is 19.4 Å². The Kier molecular flexibility index (Phi) is 5.21. The molecule has 1 fully saturated rings. The Bertz CT molecular complexity index is 996. The van der Waals surface area contributed by atoms with Crippen molar-refractivity contribution in [3.63, 3.8) is 0 Å². The fourth-order valence-electron chi connectivity index (χ4n) is 3.52. The lowest BCUT2D eigenvalue weighted by Gasteiger charge is -2.42. The number of carboxylic acids is 1. The van der Waals surface area contributed by atoms with Crippen molar-refractivity contribution in [1.82, 2.24) is 14.9 Å². The lowest BCUT2D eigenvalue weighted by molar-refractivity contribution is 0.0238. The van der Waals surface area contributed by atoms with Crippen LogP contribution in [0.25, 0.3) is 10.9 Å². The zero-order valence-corrected chi connectivity index (χ0v) is 17.4. The topological polar surface area (TPSA) is 95.9 Å². The zero-order valence-electron chi connectivity index (χ0n) is 17.4. The SMILES string of the molecule is C=C1CN(c2ccc(C(=O)O)c3nc(C)ncc23)C[C@H](C)N1C(=O)OC(C)(C)C. The van der Waals surface area contributed by atoms with Gasteiger partial charge in [-0.3, -0.25) is 4.90 Å². The number of hydrogen-bond donors (Lipinski definition) is 1. The molecule has 1 aromatic carbocycles. The summed E-state index contributed by atoms with van der Waals surface area (Å²) in [4.78, 5) is 36.4. The van der Waals surface area contributed by atoms with Gasteiger partial charge in [-0.25, -0.2) is 19.6 Å². The average Bonchev–Trinajstić information content (AvgIpc) is 2.58. The van der Waals surface area contributed by atoms with Crippen LogP contribution < -0.4 is 4.90 Å². The van der Waals surface area contributed by atoms with Crippen LogP contribution in [0.1, 0.15) is 43.9 Å². The normalized spacial score (nSPS) is 17.6. The van der Waals surface area contributed by atoms with E-state index in [1.165, 1.54) is 0 Å². The summed E-state index contributed by atoms with van der Waals surface area (Å²) in [5, 5.41) is 10.2. The summed E-state index contributed by atoms with van der Waals surface area (Å²) in [6.07, 6.45) is 1.23. The summed E-state index contributed by atoms with van der Waals surface area (Å²) in [6.45, 7) is 14.1. The first-order chi connectivity index (χ1) is 13.5. The second kappa shape index (κ2) is 7.35. The number of hydrogen-bond acceptors (Lipinski definition) is 6. The largest absolute Gasteiger partial charge is 0.478 e. The van der Waals surface area contributed by atoms with Crippen LogP contribution in [0.5, 0.6) is 0 Å². The molecule has 0 spiro atoms. The number of carbonyl (C=O) groups is 2. The maximum atomic E-state index is 12.6. The van der Waals surface area contributed by atoms with Gasteiger partial charge in [-0.2, -0.15) is 0 Å². The monoisotopic (exact) mass is 398 g/mol. The molecule has 0 aliphatic carbocycles. The molecular weight excluding hydrogens is 372 g/mol. The van der Waals surface area contributed by atoms with E-state index in [0.29, 0.717) is 35.5 Å². The van der Waals surface area contributed by atoms with E-state index >= 15 is 0 Å². The number of benzene rings is 1. The third-order valence-electron chi connectivity index (χ3n) is 4.65. The van der Waals surface area contributed by atoms with Gasteiger partial charge < -0.3 is 14.7 Å². The van der Waals surface area contributed by atoms with Crippen LogP contribution in [0.15, 0.2) is 30.6 Å². The molecule has 2 heterocycles. The van der Waals surface area contributed by atoms with Crippen molar-refractivity contribution in [2.75, 3.05) is 18.0 Å². The molecular formula is C21H26N4O4. The van der Waals surface area contributed by atoms with Crippen molar-refractivity contribution in [3.8, 4) is 0 Å². The summed E-state index contributed by atoms with van der Waals surface area (Å²) in [7, 11) is 0. The van der Waals surface area contributed by atoms with Crippen LogP contribution >= 0.6 is 0 Å². The van der Waals surface area contributed by atoms with Crippen LogP contribution in [-0.2, 0) is 4.74 Å². The van der Waals surface area contributed by atoms with Gasteiger partial charge in [-0.1, -0.05) is 6.58 Å². The highest BCUT2D eigenvalue weighted by molar-refractivity contribution is 6.05. The van der Waals surface area contributed by atoms with Gasteiger partial charge in [0, 0.05) is 29.5 Å². The molecule has 29 heavy (non-hydrogen) atoms. The van der Waals surface area contributed by atoms with Crippen molar-refractivity contribution in [3.05, 3.63) is 42.0 Å². The van der Waals surface area contributed by atoms with E-state index in [2.05, 4.69) is 21.4 Å². The Morgan fingerprint density at radius 2 is 2.00 bits per heavy atom. The highest BCUT2D eigenvalue weighted by Crippen LogP contribution is 2.32. The second-order valence-corrected chi connectivity index (χ2v) is 8.26. The Morgan fingerprint density at radius 3 is 2.59 bits per heavy atom. The van der Waals surface area contributed by atoms with Gasteiger partial charge in [0.05, 0.1) is 23.7 Å². The van der Waals surface area contributed by atoms with Crippen molar-refractivity contribution in [2.24, 2.45) is 0 Å². The molecule has 2 aromatic rings. The molecule has 1 amide bonds. The molecule has 3 rings (SSSR count). The predicted molar refractivity (Wildman–Crippen MR) is 110 cm³/mol. The molecule has 0 radical (unpaired) electrons. The number of ether oxygens (including phenoxy) is 1. The number of carbonyl (C=O) groups excluding carboxylic acids is 1. The molecule has 1 atom stereocenters. The molecule has 0 unspecified atom stereocenters. The Labute approximate surface area is 169 Å². The molecule has 8 nitrogen and oxygen atoms in total. The average molecular weight is 398 g/mol. The van der Waals surface area contributed by atoms with E-state index in [4.69, 9.17) is 4.74 Å². The number of fused-ring (bicyclic) bond motifs is 1. The number of rotatable bonds is 2. The van der Waals surface area contributed by atoms with Gasteiger partial charge in [0.1, 0.15) is 11.4 Å². The first-order valence-corrected chi connectivity index (χ1v) is 9.42. The number of aromatic nitrogens is 2. The van der Waals surface area contributed by atoms with E-state index in [1.54, 1.807) is 30.2 Å². The number of anilines is 1. The number of nitrogens with zero attached hydrogens (tertiary/aromatic N) is 4.